The lowest BCUT2D eigenvalue weighted by atomic mass is 10.2. The van der Waals surface area contributed by atoms with Crippen LogP contribution >= 0.6 is 12.2 Å². The van der Waals surface area contributed by atoms with Gasteiger partial charge in [0, 0.05) is 18.8 Å². The first-order valence-corrected chi connectivity index (χ1v) is 8.56. The predicted molar refractivity (Wildman–Crippen MR) is 101 cm³/mol. The van der Waals surface area contributed by atoms with Gasteiger partial charge < -0.3 is 24.1 Å². The van der Waals surface area contributed by atoms with E-state index in [-0.39, 0.29) is 6.79 Å². The van der Waals surface area contributed by atoms with Crippen molar-refractivity contribution in [1.29, 1.82) is 0 Å². The number of nitrogens with zero attached hydrogens (tertiary/aromatic N) is 2. The smallest absolute Gasteiger partial charge is 0.231 e. The Labute approximate surface area is 156 Å². The van der Waals surface area contributed by atoms with Crippen LogP contribution in [0.25, 0.3) is 0 Å². The molecular formula is C19H17N3O3S. The van der Waals surface area contributed by atoms with Crippen LogP contribution in [-0.2, 0) is 13.1 Å². The number of rotatable bonds is 5. The topological polar surface area (TPSA) is 59.8 Å². The maximum absolute atomic E-state index is 5.59. The monoisotopic (exact) mass is 367 g/mol. The van der Waals surface area contributed by atoms with Crippen LogP contribution in [-0.4, -0.2) is 21.8 Å². The average Bonchev–Trinajstić information content (AvgIpc) is 3.33. The molecule has 132 valence electrons. The molecule has 0 radical (unpaired) electrons. The third-order valence-corrected chi connectivity index (χ3v) is 4.29. The summed E-state index contributed by atoms with van der Waals surface area (Å²) in [6.07, 6.45) is 3.38. The Bertz CT molecular complexity index is 884. The number of hydrogen-bond acceptors (Lipinski definition) is 5. The van der Waals surface area contributed by atoms with Gasteiger partial charge in [-0.3, -0.25) is 4.98 Å². The quantitative estimate of drug-likeness (QED) is 0.688. The molecule has 1 aliphatic heterocycles. The van der Waals surface area contributed by atoms with Crippen molar-refractivity contribution >= 4 is 23.2 Å². The largest absolute Gasteiger partial charge is 0.454 e. The number of anilines is 1. The molecule has 3 heterocycles. The summed E-state index contributed by atoms with van der Waals surface area (Å²) in [5, 5.41) is 3.68. The molecule has 6 nitrogen and oxygen atoms in total. The molecule has 2 aromatic heterocycles. The molecule has 1 aliphatic rings. The standard InChI is InChI=1S/C19H17N3O3S/c26-19(21-18-5-3-9-23-18)22(12-15-4-1-2-8-20-15)11-14-6-7-16-17(10-14)25-13-24-16/h1-10H,11-13H2,(H,21,26). The van der Waals surface area contributed by atoms with Crippen LogP contribution in [0.2, 0.25) is 0 Å². The van der Waals surface area contributed by atoms with Gasteiger partial charge in [0.25, 0.3) is 0 Å². The SMILES string of the molecule is S=C(Nc1ccco1)N(Cc1ccc2c(c1)OCO2)Cc1ccccn1. The van der Waals surface area contributed by atoms with Crippen LogP contribution in [0.1, 0.15) is 11.3 Å². The Hall–Kier alpha value is -3.06. The van der Waals surface area contributed by atoms with Gasteiger partial charge in [0.15, 0.2) is 22.5 Å². The highest BCUT2D eigenvalue weighted by Crippen LogP contribution is 2.33. The summed E-state index contributed by atoms with van der Waals surface area (Å²) in [6, 6.07) is 15.4. The van der Waals surface area contributed by atoms with Gasteiger partial charge in [-0.05, 0) is 48.1 Å². The lowest BCUT2D eigenvalue weighted by Gasteiger charge is -2.25. The first-order chi connectivity index (χ1) is 12.8. The van der Waals surface area contributed by atoms with E-state index in [0.29, 0.717) is 24.1 Å². The van der Waals surface area contributed by atoms with Crippen molar-refractivity contribution in [3.8, 4) is 11.5 Å². The van der Waals surface area contributed by atoms with E-state index in [1.807, 2.05) is 53.4 Å². The minimum absolute atomic E-state index is 0.259. The number of nitrogens with one attached hydrogen (secondary N) is 1. The number of pyridine rings is 1. The van der Waals surface area contributed by atoms with E-state index in [4.69, 9.17) is 26.1 Å². The maximum atomic E-state index is 5.59. The van der Waals surface area contributed by atoms with E-state index in [0.717, 1.165) is 22.8 Å². The third-order valence-electron chi connectivity index (χ3n) is 3.93. The molecular weight excluding hydrogens is 350 g/mol. The molecule has 0 amide bonds. The van der Waals surface area contributed by atoms with Crippen molar-refractivity contribution in [2.75, 3.05) is 12.1 Å². The number of furan rings is 1. The summed E-state index contributed by atoms with van der Waals surface area (Å²) in [4.78, 5) is 6.43. The van der Waals surface area contributed by atoms with Gasteiger partial charge in [0.05, 0.1) is 18.5 Å². The summed E-state index contributed by atoms with van der Waals surface area (Å²) < 4.78 is 16.2. The van der Waals surface area contributed by atoms with E-state index in [2.05, 4.69) is 10.3 Å². The van der Waals surface area contributed by atoms with Crippen molar-refractivity contribution in [3.05, 3.63) is 72.2 Å². The zero-order valence-corrected chi connectivity index (χ0v) is 14.7. The van der Waals surface area contributed by atoms with E-state index in [9.17, 15) is 0 Å². The van der Waals surface area contributed by atoms with Crippen LogP contribution in [0.3, 0.4) is 0 Å². The number of aromatic nitrogens is 1. The minimum atomic E-state index is 0.259. The van der Waals surface area contributed by atoms with Gasteiger partial charge in [0.1, 0.15) is 0 Å². The molecule has 4 rings (SSSR count). The average molecular weight is 367 g/mol. The van der Waals surface area contributed by atoms with Crippen LogP contribution in [0.5, 0.6) is 11.5 Å². The van der Waals surface area contributed by atoms with E-state index < -0.39 is 0 Å². The third kappa shape index (κ3) is 3.78. The van der Waals surface area contributed by atoms with Crippen molar-refractivity contribution in [2.45, 2.75) is 13.1 Å². The number of benzene rings is 1. The highest BCUT2D eigenvalue weighted by molar-refractivity contribution is 7.80. The molecule has 3 aromatic rings. The molecule has 0 atom stereocenters. The Balaban J connectivity index is 1.54. The van der Waals surface area contributed by atoms with Gasteiger partial charge in [0.2, 0.25) is 6.79 Å². The minimum Gasteiger partial charge on any atom is -0.454 e. The second-order valence-electron chi connectivity index (χ2n) is 5.77. The molecule has 1 aromatic carbocycles. The Morgan fingerprint density at radius 2 is 2.00 bits per heavy atom. The van der Waals surface area contributed by atoms with Crippen LogP contribution in [0, 0.1) is 0 Å². The number of fused-ring (bicyclic) bond motifs is 1. The van der Waals surface area contributed by atoms with Crippen LogP contribution in [0.15, 0.2) is 65.4 Å². The summed E-state index contributed by atoms with van der Waals surface area (Å²) in [5.74, 6) is 2.12. The molecule has 0 aliphatic carbocycles. The van der Waals surface area contributed by atoms with Gasteiger partial charge in [-0.2, -0.15) is 0 Å². The number of thiocarbonyl (C=S) groups is 1. The van der Waals surface area contributed by atoms with Crippen molar-refractivity contribution in [3.63, 3.8) is 0 Å². The molecule has 0 saturated heterocycles. The second kappa shape index (κ2) is 7.45. The van der Waals surface area contributed by atoms with Crippen molar-refractivity contribution < 1.29 is 13.9 Å². The first kappa shape index (κ1) is 16.4. The van der Waals surface area contributed by atoms with Gasteiger partial charge in [-0.25, -0.2) is 0 Å². The summed E-state index contributed by atoms with van der Waals surface area (Å²) >= 11 is 5.59. The Morgan fingerprint density at radius 1 is 1.08 bits per heavy atom. The zero-order valence-electron chi connectivity index (χ0n) is 13.9. The normalized spacial score (nSPS) is 12.0. The predicted octanol–water partition coefficient (Wildman–Crippen LogP) is 3.80. The summed E-state index contributed by atoms with van der Waals surface area (Å²) in [5.41, 5.74) is 1.99. The Kier molecular flexibility index (Phi) is 4.70. The lowest BCUT2D eigenvalue weighted by molar-refractivity contribution is 0.174. The Morgan fingerprint density at radius 3 is 2.81 bits per heavy atom. The molecule has 7 heteroatoms. The number of hydrogen-bond donors (Lipinski definition) is 1. The fourth-order valence-electron chi connectivity index (χ4n) is 2.68. The van der Waals surface area contributed by atoms with Crippen molar-refractivity contribution in [1.82, 2.24) is 9.88 Å². The molecule has 0 spiro atoms. The number of ether oxygens (including phenoxy) is 2. The van der Waals surface area contributed by atoms with E-state index in [1.165, 1.54) is 0 Å². The van der Waals surface area contributed by atoms with E-state index in [1.54, 1.807) is 12.5 Å². The highest BCUT2D eigenvalue weighted by atomic mass is 32.1. The fraction of sp³-hybridized carbons (Fsp3) is 0.158. The molecule has 0 bridgehead atoms. The maximum Gasteiger partial charge on any atom is 0.231 e. The lowest BCUT2D eigenvalue weighted by Crippen LogP contribution is -2.34. The summed E-state index contributed by atoms with van der Waals surface area (Å²) in [7, 11) is 0. The molecule has 0 unspecified atom stereocenters. The van der Waals surface area contributed by atoms with Crippen molar-refractivity contribution in [2.24, 2.45) is 0 Å². The summed E-state index contributed by atoms with van der Waals surface area (Å²) in [6.45, 7) is 1.43. The second-order valence-corrected chi connectivity index (χ2v) is 6.16. The van der Waals surface area contributed by atoms with Crippen LogP contribution in [0.4, 0.5) is 5.88 Å². The van der Waals surface area contributed by atoms with Gasteiger partial charge in [-0.1, -0.05) is 12.1 Å². The van der Waals surface area contributed by atoms with Crippen LogP contribution < -0.4 is 14.8 Å². The van der Waals surface area contributed by atoms with Gasteiger partial charge >= 0.3 is 0 Å². The highest BCUT2D eigenvalue weighted by Gasteiger charge is 2.17. The molecule has 0 saturated carbocycles. The molecule has 0 fully saturated rings. The molecule has 26 heavy (non-hydrogen) atoms. The molecule has 1 N–H and O–H groups in total. The first-order valence-electron chi connectivity index (χ1n) is 8.16. The van der Waals surface area contributed by atoms with E-state index >= 15 is 0 Å². The zero-order chi connectivity index (χ0) is 17.8. The fourth-order valence-corrected chi connectivity index (χ4v) is 2.91. The van der Waals surface area contributed by atoms with Gasteiger partial charge in [-0.15, -0.1) is 0 Å².